The number of fused-ring (bicyclic) bond motifs is 1. The zero-order valence-electron chi connectivity index (χ0n) is 14.1. The van der Waals surface area contributed by atoms with E-state index >= 15 is 0 Å². The number of pyridine rings is 1. The van der Waals surface area contributed by atoms with E-state index in [0.717, 1.165) is 12.0 Å². The predicted octanol–water partition coefficient (Wildman–Crippen LogP) is 4.31. The minimum atomic E-state index is -4.56. The van der Waals surface area contributed by atoms with Crippen LogP contribution in [0.1, 0.15) is 17.7 Å². The summed E-state index contributed by atoms with van der Waals surface area (Å²) in [5.74, 6) is 0.373. The molecule has 6 nitrogen and oxygen atoms in total. The fourth-order valence-corrected chi connectivity index (χ4v) is 4.76. The molecular weight excluding hydrogens is 381 g/mol. The first-order valence-corrected chi connectivity index (χ1v) is 9.93. The van der Waals surface area contributed by atoms with Gasteiger partial charge in [0.25, 0.3) is 0 Å². The molecule has 1 aliphatic heterocycles. The van der Waals surface area contributed by atoms with E-state index < -0.39 is 22.6 Å². The molecule has 2 N–H and O–H groups in total. The minimum absolute atomic E-state index is 0.00686. The fraction of sp³-hybridized carbons (Fsp3) is 0.294. The van der Waals surface area contributed by atoms with Crippen LogP contribution in [0.5, 0.6) is 0 Å². The summed E-state index contributed by atoms with van der Waals surface area (Å²) in [5, 5.41) is 3.75. The maximum Gasteiger partial charge on any atom is 0.435 e. The van der Waals surface area contributed by atoms with Gasteiger partial charge in [0.05, 0.1) is 23.2 Å². The first kappa shape index (κ1) is 18.2. The van der Waals surface area contributed by atoms with Crippen LogP contribution < -0.4 is 0 Å². The van der Waals surface area contributed by atoms with Gasteiger partial charge in [-0.2, -0.15) is 18.3 Å². The van der Waals surface area contributed by atoms with E-state index in [-0.39, 0.29) is 10.9 Å². The van der Waals surface area contributed by atoms with E-state index in [1.807, 2.05) is 0 Å². The van der Waals surface area contributed by atoms with Crippen LogP contribution in [-0.4, -0.2) is 40.5 Å². The van der Waals surface area contributed by atoms with Crippen LogP contribution in [0.25, 0.3) is 16.6 Å². The van der Waals surface area contributed by atoms with Crippen molar-refractivity contribution in [2.24, 2.45) is 0 Å². The molecular formula is C17H17F3N4O2S. The third kappa shape index (κ3) is 3.41. The monoisotopic (exact) mass is 398 g/mol. The molecule has 0 bridgehead atoms. The zero-order valence-corrected chi connectivity index (χ0v) is 14.9. The Labute approximate surface area is 154 Å². The number of rotatable bonds is 3. The predicted molar refractivity (Wildman–Crippen MR) is 96.6 cm³/mol. The fourth-order valence-electron chi connectivity index (χ4n) is 3.21. The van der Waals surface area contributed by atoms with Gasteiger partial charge in [-0.05, 0) is 30.2 Å². The molecule has 0 radical (unpaired) electrons. The van der Waals surface area contributed by atoms with Crippen LogP contribution in [0, 0.1) is 0 Å². The number of alkyl halides is 3. The van der Waals surface area contributed by atoms with Gasteiger partial charge in [0.1, 0.15) is 0 Å². The molecule has 0 atom stereocenters. The molecule has 2 aromatic heterocycles. The number of benzene rings is 1. The molecule has 144 valence electrons. The number of aromatic nitrogens is 3. The summed E-state index contributed by atoms with van der Waals surface area (Å²) in [6.45, 7) is 0.978. The van der Waals surface area contributed by atoms with Gasteiger partial charge in [-0.1, -0.05) is 12.1 Å². The topological polar surface area (TPSA) is 74.4 Å². The number of nitrogens with zero attached hydrogens (tertiary/aromatic N) is 4. The van der Waals surface area contributed by atoms with Gasteiger partial charge >= 0.3 is 6.18 Å². The third-order valence-electron chi connectivity index (χ3n) is 4.53. The highest BCUT2D eigenvalue weighted by atomic mass is 32.3. The van der Waals surface area contributed by atoms with Gasteiger partial charge in [0, 0.05) is 24.7 Å². The van der Waals surface area contributed by atoms with Crippen molar-refractivity contribution in [3.05, 3.63) is 54.0 Å². The van der Waals surface area contributed by atoms with E-state index in [1.54, 1.807) is 28.6 Å². The molecule has 3 heterocycles. The van der Waals surface area contributed by atoms with E-state index in [2.05, 4.69) is 10.1 Å². The Balaban J connectivity index is 1.67. The van der Waals surface area contributed by atoms with Crippen LogP contribution >= 0.6 is 10.8 Å². The third-order valence-corrected chi connectivity index (χ3v) is 6.51. The Morgan fingerprint density at radius 1 is 1.11 bits per heavy atom. The van der Waals surface area contributed by atoms with Crippen LogP contribution in [0.3, 0.4) is 0 Å². The Morgan fingerprint density at radius 2 is 1.85 bits per heavy atom. The van der Waals surface area contributed by atoms with E-state index in [4.69, 9.17) is 0 Å². The van der Waals surface area contributed by atoms with Gasteiger partial charge in [0.15, 0.2) is 5.69 Å². The second-order valence-electron chi connectivity index (χ2n) is 6.37. The summed E-state index contributed by atoms with van der Waals surface area (Å²) in [4.78, 5) is 3.91. The van der Waals surface area contributed by atoms with Crippen LogP contribution in [0.4, 0.5) is 13.2 Å². The second kappa shape index (κ2) is 6.48. The summed E-state index contributed by atoms with van der Waals surface area (Å²) in [7, 11) is -2.71. The molecule has 1 fully saturated rings. The van der Waals surface area contributed by atoms with Crippen molar-refractivity contribution < 1.29 is 22.3 Å². The molecule has 27 heavy (non-hydrogen) atoms. The second-order valence-corrected chi connectivity index (χ2v) is 8.56. The van der Waals surface area contributed by atoms with Gasteiger partial charge in [-0.3, -0.25) is 14.1 Å². The molecule has 0 amide bonds. The Morgan fingerprint density at radius 3 is 2.48 bits per heavy atom. The van der Waals surface area contributed by atoms with E-state index in [0.29, 0.717) is 24.5 Å². The highest BCUT2D eigenvalue weighted by Gasteiger charge is 2.37. The maximum absolute atomic E-state index is 13.3. The van der Waals surface area contributed by atoms with Crippen molar-refractivity contribution in [1.29, 1.82) is 0 Å². The highest BCUT2D eigenvalue weighted by Crippen LogP contribution is 2.49. The Kier molecular flexibility index (Phi) is 4.38. The smallest absolute Gasteiger partial charge is 0.285 e. The summed E-state index contributed by atoms with van der Waals surface area (Å²) in [6, 6.07) is 8.13. The first-order valence-electron chi connectivity index (χ1n) is 8.26. The largest absolute Gasteiger partial charge is 0.435 e. The molecule has 4 rings (SSSR count). The lowest BCUT2D eigenvalue weighted by atomic mass is 10.2. The van der Waals surface area contributed by atoms with Gasteiger partial charge in [-0.25, -0.2) is 8.99 Å². The molecule has 0 aliphatic carbocycles. The van der Waals surface area contributed by atoms with Crippen molar-refractivity contribution >= 4 is 21.7 Å². The summed E-state index contributed by atoms with van der Waals surface area (Å²) >= 11 is 0. The molecule has 0 unspecified atom stereocenters. The van der Waals surface area contributed by atoms with Crippen molar-refractivity contribution in [3.8, 4) is 5.69 Å². The number of halogens is 3. The average Bonchev–Trinajstić information content (AvgIpc) is 3.16. The zero-order chi connectivity index (χ0) is 19.2. The standard InChI is InChI=1S/C17H17F3N4O2S/c18-17(19,20)16-14-6-7-21-10-15(14)24(22-16)13-4-2-12(3-5-13)11-23-8-1-9-27(23,25)26/h2-7,10,25-26H,1,8-9,11H2. The lowest BCUT2D eigenvalue weighted by molar-refractivity contribution is -0.140. The number of hydrogen-bond acceptors (Lipinski definition) is 5. The van der Waals surface area contributed by atoms with Gasteiger partial charge in [0.2, 0.25) is 0 Å². The molecule has 3 aromatic rings. The molecule has 0 saturated carbocycles. The quantitative estimate of drug-likeness (QED) is 0.688. The normalized spacial score (nSPS) is 18.9. The first-order chi connectivity index (χ1) is 12.8. The molecule has 10 heteroatoms. The lowest BCUT2D eigenvalue weighted by Gasteiger charge is -2.36. The molecule has 1 aromatic carbocycles. The lowest BCUT2D eigenvalue weighted by Crippen LogP contribution is -2.22. The SMILES string of the molecule is OS1(O)CCCN1Cc1ccc(-n2nc(C(F)(F)F)c3ccncc32)cc1. The molecule has 1 aliphatic rings. The minimum Gasteiger partial charge on any atom is -0.285 e. The van der Waals surface area contributed by atoms with E-state index in [9.17, 15) is 22.3 Å². The highest BCUT2D eigenvalue weighted by molar-refractivity contribution is 8.22. The van der Waals surface area contributed by atoms with E-state index in [1.165, 1.54) is 23.1 Å². The Hall–Kier alpha value is -2.14. The molecule has 1 saturated heterocycles. The van der Waals surface area contributed by atoms with Crippen molar-refractivity contribution in [1.82, 2.24) is 19.1 Å². The summed E-state index contributed by atoms with van der Waals surface area (Å²) < 4.78 is 62.6. The maximum atomic E-state index is 13.3. The number of hydrogen-bond donors (Lipinski definition) is 2. The summed E-state index contributed by atoms with van der Waals surface area (Å²) in [5.41, 5.74) is 0.632. The van der Waals surface area contributed by atoms with Gasteiger partial charge in [-0.15, -0.1) is 10.8 Å². The van der Waals surface area contributed by atoms with Gasteiger partial charge < -0.3 is 0 Å². The van der Waals surface area contributed by atoms with Crippen LogP contribution in [0.15, 0.2) is 42.7 Å². The van der Waals surface area contributed by atoms with Crippen molar-refractivity contribution in [3.63, 3.8) is 0 Å². The summed E-state index contributed by atoms with van der Waals surface area (Å²) in [6.07, 6.45) is -1.17. The van der Waals surface area contributed by atoms with Crippen LogP contribution in [-0.2, 0) is 12.7 Å². The Bertz CT molecular complexity index is 972. The van der Waals surface area contributed by atoms with Crippen LogP contribution in [0.2, 0.25) is 0 Å². The average molecular weight is 398 g/mol. The van der Waals surface area contributed by atoms with Crippen molar-refractivity contribution in [2.75, 3.05) is 12.3 Å². The molecule has 0 spiro atoms. The van der Waals surface area contributed by atoms with Crippen molar-refractivity contribution in [2.45, 2.75) is 19.1 Å².